The highest BCUT2D eigenvalue weighted by atomic mass is 35.5. The van der Waals surface area contributed by atoms with Gasteiger partial charge < -0.3 is 24.3 Å². The van der Waals surface area contributed by atoms with Crippen LogP contribution in [-0.2, 0) is 14.8 Å². The van der Waals surface area contributed by atoms with E-state index in [9.17, 15) is 13.2 Å². The van der Waals surface area contributed by atoms with Crippen LogP contribution in [0.2, 0.25) is 5.02 Å². The van der Waals surface area contributed by atoms with Crippen LogP contribution in [0.15, 0.2) is 65.6 Å². The van der Waals surface area contributed by atoms with Crippen molar-refractivity contribution in [3.63, 3.8) is 0 Å². The molecule has 1 atom stereocenters. The van der Waals surface area contributed by atoms with E-state index in [1.54, 1.807) is 37.3 Å². The summed E-state index contributed by atoms with van der Waals surface area (Å²) in [4.78, 5) is 13.0. The smallest absolute Gasteiger partial charge is 0.264 e. The highest BCUT2D eigenvalue weighted by Crippen LogP contribution is 2.33. The lowest BCUT2D eigenvalue weighted by Crippen LogP contribution is -2.41. The number of benzene rings is 3. The summed E-state index contributed by atoms with van der Waals surface area (Å²) >= 11 is 6.01. The van der Waals surface area contributed by atoms with Crippen LogP contribution in [0.3, 0.4) is 0 Å². The van der Waals surface area contributed by atoms with E-state index in [0.717, 1.165) is 9.87 Å². The summed E-state index contributed by atoms with van der Waals surface area (Å²) < 4.78 is 49.5. The van der Waals surface area contributed by atoms with Crippen molar-refractivity contribution in [1.29, 1.82) is 0 Å². The lowest BCUT2D eigenvalue weighted by molar-refractivity contribution is -0.120. The number of rotatable bonds is 11. The van der Waals surface area contributed by atoms with Gasteiger partial charge in [-0.1, -0.05) is 17.7 Å². The Kier molecular flexibility index (Phi) is 9.12. The van der Waals surface area contributed by atoms with Crippen molar-refractivity contribution in [3.05, 3.63) is 71.2 Å². The molecule has 3 aromatic rings. The van der Waals surface area contributed by atoms with Gasteiger partial charge in [0.25, 0.3) is 10.0 Å². The van der Waals surface area contributed by atoms with Crippen LogP contribution in [0.25, 0.3) is 0 Å². The van der Waals surface area contributed by atoms with E-state index in [2.05, 4.69) is 5.32 Å². The van der Waals surface area contributed by atoms with Gasteiger partial charge in [0.2, 0.25) is 5.91 Å². The normalized spacial score (nSPS) is 11.8. The quantitative estimate of drug-likeness (QED) is 0.377. The van der Waals surface area contributed by atoms with E-state index in [1.165, 1.54) is 58.8 Å². The Hall–Kier alpha value is -3.63. The molecule has 3 aromatic carbocycles. The molecule has 0 heterocycles. The molecule has 1 N–H and O–H groups in total. The number of amides is 1. The molecule has 11 heteroatoms. The van der Waals surface area contributed by atoms with E-state index in [-0.39, 0.29) is 16.3 Å². The number of hydrogen-bond acceptors (Lipinski definition) is 7. The highest BCUT2D eigenvalue weighted by Gasteiger charge is 2.29. The zero-order chi connectivity index (χ0) is 27.2. The zero-order valence-electron chi connectivity index (χ0n) is 21.1. The fourth-order valence-electron chi connectivity index (χ4n) is 3.65. The number of ether oxygens (including phenoxy) is 4. The van der Waals surface area contributed by atoms with Crippen LogP contribution >= 0.6 is 11.6 Å². The lowest BCUT2D eigenvalue weighted by atomic mass is 10.1. The third kappa shape index (κ3) is 6.39. The Morgan fingerprint density at radius 1 is 0.838 bits per heavy atom. The number of carbonyl (C=O) groups excluding carboxylic acids is 1. The molecule has 1 amide bonds. The van der Waals surface area contributed by atoms with Gasteiger partial charge in [-0.25, -0.2) is 8.42 Å². The standard InChI is InChI=1S/C26H29ClN2O7S/c1-17(18-6-12-22(33-2)24(14-18)35-4)28-26(30)16-29(20-9-7-19(27)8-10-20)37(31,32)21-11-13-23(34-3)25(15-21)36-5/h6-15,17H,16H2,1-5H3,(H,28,30)/t17-/m0/s1. The van der Waals surface area contributed by atoms with Crippen molar-refractivity contribution in [2.24, 2.45) is 0 Å². The molecule has 0 fully saturated rings. The van der Waals surface area contributed by atoms with Crippen LogP contribution in [0.4, 0.5) is 5.69 Å². The molecule has 37 heavy (non-hydrogen) atoms. The van der Waals surface area contributed by atoms with Crippen LogP contribution in [0, 0.1) is 0 Å². The fraction of sp³-hybridized carbons (Fsp3) is 0.269. The van der Waals surface area contributed by atoms with Gasteiger partial charge in [0, 0.05) is 11.1 Å². The third-order valence-electron chi connectivity index (χ3n) is 5.63. The number of sulfonamides is 1. The van der Waals surface area contributed by atoms with Crippen molar-refractivity contribution < 1.29 is 32.2 Å². The molecule has 0 bridgehead atoms. The monoisotopic (exact) mass is 548 g/mol. The van der Waals surface area contributed by atoms with E-state index in [1.807, 2.05) is 0 Å². The molecule has 198 valence electrons. The first-order valence-electron chi connectivity index (χ1n) is 11.2. The van der Waals surface area contributed by atoms with Gasteiger partial charge in [-0.05, 0) is 61.0 Å². The van der Waals surface area contributed by atoms with Crippen LogP contribution in [-0.4, -0.2) is 49.3 Å². The molecule has 0 aliphatic rings. The molecule has 0 saturated heterocycles. The molecule has 0 aromatic heterocycles. The molecule has 0 unspecified atom stereocenters. The second kappa shape index (κ2) is 12.1. The largest absolute Gasteiger partial charge is 0.493 e. The lowest BCUT2D eigenvalue weighted by Gasteiger charge is -2.25. The minimum atomic E-state index is -4.18. The molecule has 0 aliphatic carbocycles. The molecular weight excluding hydrogens is 520 g/mol. The predicted octanol–water partition coefficient (Wildman–Crippen LogP) is 4.45. The van der Waals surface area contributed by atoms with Crippen LogP contribution in [0.1, 0.15) is 18.5 Å². The van der Waals surface area contributed by atoms with Gasteiger partial charge in [0.15, 0.2) is 23.0 Å². The Morgan fingerprint density at radius 3 is 1.95 bits per heavy atom. The minimum absolute atomic E-state index is 0.0687. The van der Waals surface area contributed by atoms with Gasteiger partial charge in [-0.2, -0.15) is 0 Å². The Morgan fingerprint density at radius 2 is 1.38 bits per heavy atom. The molecular formula is C26H29ClN2O7S. The maximum absolute atomic E-state index is 13.7. The van der Waals surface area contributed by atoms with Crippen molar-refractivity contribution in [3.8, 4) is 23.0 Å². The molecule has 0 saturated carbocycles. The van der Waals surface area contributed by atoms with Crippen molar-refractivity contribution in [1.82, 2.24) is 5.32 Å². The zero-order valence-corrected chi connectivity index (χ0v) is 22.7. The summed E-state index contributed by atoms with van der Waals surface area (Å²) in [5.41, 5.74) is 1.03. The van der Waals surface area contributed by atoms with Gasteiger partial charge in [-0.3, -0.25) is 9.10 Å². The number of halogens is 1. The Balaban J connectivity index is 1.92. The summed E-state index contributed by atoms with van der Waals surface area (Å²) in [6.45, 7) is 1.31. The number of carbonyl (C=O) groups is 1. The summed E-state index contributed by atoms with van der Waals surface area (Å²) in [7, 11) is 1.74. The van der Waals surface area contributed by atoms with Gasteiger partial charge in [-0.15, -0.1) is 0 Å². The SMILES string of the molecule is COc1ccc([C@H](C)NC(=O)CN(c2ccc(Cl)cc2)S(=O)(=O)c2ccc(OC)c(OC)c2)cc1OC. The van der Waals surface area contributed by atoms with Crippen molar-refractivity contribution in [2.75, 3.05) is 39.3 Å². The fourth-order valence-corrected chi connectivity index (χ4v) is 5.21. The highest BCUT2D eigenvalue weighted by molar-refractivity contribution is 7.92. The van der Waals surface area contributed by atoms with E-state index in [4.69, 9.17) is 30.5 Å². The summed E-state index contributed by atoms with van der Waals surface area (Å²) in [5, 5.41) is 3.28. The topological polar surface area (TPSA) is 103 Å². The first-order valence-corrected chi connectivity index (χ1v) is 13.0. The number of nitrogens with one attached hydrogen (secondary N) is 1. The van der Waals surface area contributed by atoms with E-state index < -0.39 is 28.5 Å². The number of nitrogens with zero attached hydrogens (tertiary/aromatic N) is 1. The van der Waals surface area contributed by atoms with Crippen LogP contribution < -0.4 is 28.6 Å². The molecule has 0 aliphatic heterocycles. The summed E-state index contributed by atoms with van der Waals surface area (Å²) in [6.07, 6.45) is 0. The number of hydrogen-bond donors (Lipinski definition) is 1. The second-order valence-corrected chi connectivity index (χ2v) is 10.2. The first-order chi connectivity index (χ1) is 17.6. The maximum atomic E-state index is 13.7. The predicted molar refractivity (Wildman–Crippen MR) is 142 cm³/mol. The first kappa shape index (κ1) is 27.9. The van der Waals surface area contributed by atoms with Crippen molar-refractivity contribution in [2.45, 2.75) is 17.9 Å². The van der Waals surface area contributed by atoms with Crippen LogP contribution in [0.5, 0.6) is 23.0 Å². The van der Waals surface area contributed by atoms with Gasteiger partial charge in [0.1, 0.15) is 6.54 Å². The minimum Gasteiger partial charge on any atom is -0.493 e. The molecule has 0 spiro atoms. The summed E-state index contributed by atoms with van der Waals surface area (Å²) in [6, 6.07) is 15.2. The third-order valence-corrected chi connectivity index (χ3v) is 7.65. The van der Waals surface area contributed by atoms with Crippen molar-refractivity contribution >= 4 is 33.2 Å². The Labute approximate surface area is 221 Å². The molecule has 9 nitrogen and oxygen atoms in total. The average molecular weight is 549 g/mol. The Bertz CT molecular complexity index is 1350. The number of methoxy groups -OCH3 is 4. The summed E-state index contributed by atoms with van der Waals surface area (Å²) in [5.74, 6) is 1.17. The van der Waals surface area contributed by atoms with Gasteiger partial charge >= 0.3 is 0 Å². The molecule has 0 radical (unpaired) electrons. The van der Waals surface area contributed by atoms with E-state index in [0.29, 0.717) is 22.3 Å². The average Bonchev–Trinajstić information content (AvgIpc) is 2.91. The van der Waals surface area contributed by atoms with Gasteiger partial charge in [0.05, 0.1) is 45.1 Å². The second-order valence-electron chi connectivity index (χ2n) is 7.91. The number of anilines is 1. The van der Waals surface area contributed by atoms with E-state index >= 15 is 0 Å². The molecule has 3 rings (SSSR count). The maximum Gasteiger partial charge on any atom is 0.264 e.